The number of rotatable bonds is 7. The standard InChI is InChI=1S/C35H52O3/c1-7-37-27-12-8-25(9-13-27)10-17-33(36)38-28-18-20-34(5)26(22-28)11-14-29-31-16-15-30(24(4)23(2)3)35(31,6)21-19-32(29)34/h8-10,12-13,17,23-24,26,28-32H,7,11,14-16,18-22H2,1-6H3/b17-10+. The number of esters is 1. The van der Waals surface area contributed by atoms with Crippen LogP contribution in [0.25, 0.3) is 6.08 Å². The Morgan fingerprint density at radius 1 is 0.947 bits per heavy atom. The average molecular weight is 521 g/mol. The molecule has 0 radical (unpaired) electrons. The van der Waals surface area contributed by atoms with Gasteiger partial charge in [-0.3, -0.25) is 0 Å². The zero-order valence-electron chi connectivity index (χ0n) is 24.9. The van der Waals surface area contributed by atoms with Crippen molar-refractivity contribution in [2.75, 3.05) is 6.61 Å². The average Bonchev–Trinajstić information content (AvgIpc) is 3.25. The highest BCUT2D eigenvalue weighted by Crippen LogP contribution is 2.68. The van der Waals surface area contributed by atoms with Crippen LogP contribution < -0.4 is 4.74 Å². The van der Waals surface area contributed by atoms with Crippen molar-refractivity contribution in [3.05, 3.63) is 35.9 Å². The van der Waals surface area contributed by atoms with E-state index in [-0.39, 0.29) is 12.1 Å². The molecule has 0 spiro atoms. The second-order valence-electron chi connectivity index (χ2n) is 14.2. The number of hydrogen-bond donors (Lipinski definition) is 0. The minimum Gasteiger partial charge on any atom is -0.494 e. The van der Waals surface area contributed by atoms with E-state index in [1.807, 2.05) is 37.3 Å². The van der Waals surface area contributed by atoms with E-state index in [9.17, 15) is 4.79 Å². The van der Waals surface area contributed by atoms with Gasteiger partial charge in [0.2, 0.25) is 0 Å². The van der Waals surface area contributed by atoms with E-state index < -0.39 is 0 Å². The number of carbonyl (C=O) groups is 1. The van der Waals surface area contributed by atoms with Gasteiger partial charge in [0.1, 0.15) is 11.9 Å². The molecule has 3 nitrogen and oxygen atoms in total. The largest absolute Gasteiger partial charge is 0.494 e. The van der Waals surface area contributed by atoms with Crippen LogP contribution in [0, 0.1) is 52.3 Å². The third kappa shape index (κ3) is 5.08. The Bertz CT molecular complexity index is 995. The number of ether oxygens (including phenoxy) is 2. The SMILES string of the molecule is CCOc1ccc(/C=C/C(=O)OC2CCC3(C)C(CCC4C3CCC3(C)C(C(C)C(C)C)CCC43)C2)cc1. The van der Waals surface area contributed by atoms with Crippen molar-refractivity contribution >= 4 is 12.0 Å². The molecule has 1 aromatic rings. The van der Waals surface area contributed by atoms with E-state index in [1.54, 1.807) is 6.08 Å². The van der Waals surface area contributed by atoms with Gasteiger partial charge >= 0.3 is 5.97 Å². The molecule has 4 fully saturated rings. The molecular formula is C35H52O3. The van der Waals surface area contributed by atoms with Gasteiger partial charge < -0.3 is 9.47 Å². The first-order valence-corrected chi connectivity index (χ1v) is 15.8. The Morgan fingerprint density at radius 2 is 1.66 bits per heavy atom. The maximum Gasteiger partial charge on any atom is 0.331 e. The first kappa shape index (κ1) is 27.8. The predicted molar refractivity (Wildman–Crippen MR) is 156 cm³/mol. The van der Waals surface area contributed by atoms with Gasteiger partial charge in [-0.05, 0) is 141 Å². The van der Waals surface area contributed by atoms with Gasteiger partial charge in [0.25, 0.3) is 0 Å². The molecule has 0 amide bonds. The van der Waals surface area contributed by atoms with Crippen LogP contribution >= 0.6 is 0 Å². The summed E-state index contributed by atoms with van der Waals surface area (Å²) in [6.07, 6.45) is 15.3. The first-order chi connectivity index (χ1) is 18.2. The summed E-state index contributed by atoms with van der Waals surface area (Å²) in [7, 11) is 0. The fourth-order valence-corrected chi connectivity index (χ4v) is 9.90. The van der Waals surface area contributed by atoms with Gasteiger partial charge in [0.05, 0.1) is 6.61 Å². The Kier molecular flexibility index (Phi) is 8.05. The minimum absolute atomic E-state index is 0.0683. The maximum atomic E-state index is 12.7. The molecule has 0 aromatic heterocycles. The van der Waals surface area contributed by atoms with Crippen LogP contribution in [-0.4, -0.2) is 18.7 Å². The van der Waals surface area contributed by atoms with Crippen LogP contribution in [0.5, 0.6) is 5.75 Å². The molecule has 4 aliphatic carbocycles. The second kappa shape index (κ2) is 11.0. The summed E-state index contributed by atoms with van der Waals surface area (Å²) in [6.45, 7) is 15.3. The summed E-state index contributed by atoms with van der Waals surface area (Å²) in [5.41, 5.74) is 1.96. The Labute approximate surface area is 232 Å². The molecule has 9 unspecified atom stereocenters. The van der Waals surface area contributed by atoms with Crippen molar-refractivity contribution in [2.45, 2.75) is 105 Å². The summed E-state index contributed by atoms with van der Waals surface area (Å²) >= 11 is 0. The molecule has 5 rings (SSSR count). The molecule has 0 bridgehead atoms. The molecule has 210 valence electrons. The summed E-state index contributed by atoms with van der Waals surface area (Å²) in [6, 6.07) is 7.84. The summed E-state index contributed by atoms with van der Waals surface area (Å²) in [5, 5.41) is 0. The van der Waals surface area contributed by atoms with Gasteiger partial charge in [-0.2, -0.15) is 0 Å². The number of fused-ring (bicyclic) bond motifs is 5. The van der Waals surface area contributed by atoms with E-state index in [1.165, 1.54) is 44.9 Å². The van der Waals surface area contributed by atoms with Crippen molar-refractivity contribution in [1.29, 1.82) is 0 Å². The topological polar surface area (TPSA) is 35.5 Å². The molecule has 0 heterocycles. The van der Waals surface area contributed by atoms with Crippen molar-refractivity contribution in [3.63, 3.8) is 0 Å². The lowest BCUT2D eigenvalue weighted by Crippen LogP contribution is -2.54. The number of benzene rings is 1. The fraction of sp³-hybridized carbons (Fsp3) is 0.743. The van der Waals surface area contributed by atoms with Gasteiger partial charge in [-0.1, -0.05) is 46.8 Å². The molecule has 4 aliphatic rings. The van der Waals surface area contributed by atoms with Gasteiger partial charge in [0.15, 0.2) is 0 Å². The van der Waals surface area contributed by atoms with Gasteiger partial charge in [-0.25, -0.2) is 4.79 Å². The van der Waals surface area contributed by atoms with Crippen molar-refractivity contribution in [1.82, 2.24) is 0 Å². The van der Waals surface area contributed by atoms with Crippen LogP contribution in [0.15, 0.2) is 30.3 Å². The Morgan fingerprint density at radius 3 is 2.37 bits per heavy atom. The van der Waals surface area contributed by atoms with Crippen molar-refractivity contribution in [2.24, 2.45) is 52.3 Å². The quantitative estimate of drug-likeness (QED) is 0.266. The molecule has 38 heavy (non-hydrogen) atoms. The summed E-state index contributed by atoms with van der Waals surface area (Å²) in [4.78, 5) is 12.7. The van der Waals surface area contributed by atoms with Crippen LogP contribution in [0.1, 0.15) is 105 Å². The maximum absolute atomic E-state index is 12.7. The summed E-state index contributed by atoms with van der Waals surface area (Å²) in [5.74, 6) is 6.58. The van der Waals surface area contributed by atoms with Crippen molar-refractivity contribution < 1.29 is 14.3 Å². The lowest BCUT2D eigenvalue weighted by Gasteiger charge is -2.61. The third-order valence-electron chi connectivity index (χ3n) is 12.3. The van der Waals surface area contributed by atoms with E-state index >= 15 is 0 Å². The molecule has 3 heteroatoms. The zero-order chi connectivity index (χ0) is 27.1. The molecule has 0 N–H and O–H groups in total. The van der Waals surface area contributed by atoms with Gasteiger partial charge in [0, 0.05) is 6.08 Å². The highest BCUT2D eigenvalue weighted by atomic mass is 16.5. The number of hydrogen-bond acceptors (Lipinski definition) is 3. The lowest BCUT2D eigenvalue weighted by atomic mass is 9.44. The van der Waals surface area contributed by atoms with E-state index in [0.29, 0.717) is 23.4 Å². The molecule has 0 saturated heterocycles. The molecule has 9 atom stereocenters. The van der Waals surface area contributed by atoms with E-state index in [4.69, 9.17) is 9.47 Å². The normalized spacial score (nSPS) is 39.3. The first-order valence-electron chi connectivity index (χ1n) is 15.8. The second-order valence-corrected chi connectivity index (χ2v) is 14.2. The third-order valence-corrected chi connectivity index (χ3v) is 12.3. The molecule has 0 aliphatic heterocycles. The Hall–Kier alpha value is -1.77. The minimum atomic E-state index is -0.203. The Balaban J connectivity index is 1.19. The van der Waals surface area contributed by atoms with Crippen LogP contribution in [0.4, 0.5) is 0 Å². The van der Waals surface area contributed by atoms with Crippen LogP contribution in [-0.2, 0) is 9.53 Å². The highest BCUT2D eigenvalue weighted by molar-refractivity contribution is 5.87. The predicted octanol–water partition coefficient (Wildman–Crippen LogP) is 8.96. The van der Waals surface area contributed by atoms with Crippen molar-refractivity contribution in [3.8, 4) is 5.75 Å². The molecule has 4 saturated carbocycles. The van der Waals surface area contributed by atoms with E-state index in [0.717, 1.165) is 59.7 Å². The molecular weight excluding hydrogens is 468 g/mol. The summed E-state index contributed by atoms with van der Waals surface area (Å²) < 4.78 is 11.5. The monoisotopic (exact) mass is 520 g/mol. The van der Waals surface area contributed by atoms with Gasteiger partial charge in [-0.15, -0.1) is 0 Å². The lowest BCUT2D eigenvalue weighted by molar-refractivity contribution is -0.158. The smallest absolute Gasteiger partial charge is 0.331 e. The number of carbonyl (C=O) groups excluding carboxylic acids is 1. The van der Waals surface area contributed by atoms with Crippen LogP contribution in [0.3, 0.4) is 0 Å². The van der Waals surface area contributed by atoms with E-state index in [2.05, 4.69) is 34.6 Å². The zero-order valence-corrected chi connectivity index (χ0v) is 24.9. The molecule has 1 aromatic carbocycles. The highest BCUT2D eigenvalue weighted by Gasteiger charge is 2.60. The van der Waals surface area contributed by atoms with Crippen LogP contribution in [0.2, 0.25) is 0 Å². The fourth-order valence-electron chi connectivity index (χ4n) is 9.90.